The summed E-state index contributed by atoms with van der Waals surface area (Å²) in [6, 6.07) is -0.273. The van der Waals surface area contributed by atoms with Crippen LogP contribution in [0.2, 0.25) is 0 Å². The van der Waals surface area contributed by atoms with Crippen molar-refractivity contribution in [1.82, 2.24) is 16.0 Å². The molecule has 0 saturated carbocycles. The molecule has 0 aliphatic heterocycles. The third-order valence-electron chi connectivity index (χ3n) is 1.99. The van der Waals surface area contributed by atoms with Crippen molar-refractivity contribution in [1.29, 1.82) is 0 Å². The zero-order chi connectivity index (χ0) is 14.2. The molecule has 0 rings (SSSR count). The molecule has 0 aliphatic rings. The lowest BCUT2D eigenvalue weighted by Crippen LogP contribution is -2.45. The third-order valence-corrected chi connectivity index (χ3v) is 1.99. The van der Waals surface area contributed by atoms with E-state index in [1.54, 1.807) is 6.92 Å². The van der Waals surface area contributed by atoms with Crippen molar-refractivity contribution in [3.8, 4) is 0 Å². The van der Waals surface area contributed by atoms with Crippen molar-refractivity contribution < 1.29 is 14.3 Å². The predicted molar refractivity (Wildman–Crippen MR) is 70.4 cm³/mol. The normalized spacial score (nSPS) is 12.7. The van der Waals surface area contributed by atoms with E-state index in [4.69, 9.17) is 4.74 Å². The first-order chi connectivity index (χ1) is 8.26. The van der Waals surface area contributed by atoms with Crippen LogP contribution >= 0.6 is 0 Å². The topological polar surface area (TPSA) is 79.5 Å². The minimum Gasteiger partial charge on any atom is -0.444 e. The fraction of sp³-hybridized carbons (Fsp3) is 0.833. The second kappa shape index (κ2) is 7.92. The Morgan fingerprint density at radius 3 is 2.28 bits per heavy atom. The number of carbonyl (C=O) groups excluding carboxylic acids is 2. The molecule has 6 nitrogen and oxygen atoms in total. The molecule has 3 N–H and O–H groups in total. The summed E-state index contributed by atoms with van der Waals surface area (Å²) in [7, 11) is 0. The van der Waals surface area contributed by atoms with E-state index < -0.39 is 11.7 Å². The highest BCUT2D eigenvalue weighted by molar-refractivity contribution is 5.81. The Morgan fingerprint density at radius 2 is 1.78 bits per heavy atom. The van der Waals surface area contributed by atoms with E-state index in [0.717, 1.165) is 0 Å². The first kappa shape index (κ1) is 16.7. The lowest BCUT2D eigenvalue weighted by atomic mass is 10.2. The van der Waals surface area contributed by atoms with Gasteiger partial charge in [0.1, 0.15) is 5.60 Å². The minimum atomic E-state index is -0.494. The molecule has 0 aromatic heterocycles. The molecule has 6 heteroatoms. The average Bonchev–Trinajstić information content (AvgIpc) is 2.21. The quantitative estimate of drug-likeness (QED) is 0.611. The summed E-state index contributed by atoms with van der Waals surface area (Å²) in [5.41, 5.74) is -0.494. The van der Waals surface area contributed by atoms with Crippen LogP contribution in [0.15, 0.2) is 0 Å². The lowest BCUT2D eigenvalue weighted by Gasteiger charge is -2.20. The number of hydrogen-bond acceptors (Lipinski definition) is 4. The largest absolute Gasteiger partial charge is 0.444 e. The van der Waals surface area contributed by atoms with Crippen LogP contribution in [0.25, 0.3) is 0 Å². The molecule has 0 heterocycles. The van der Waals surface area contributed by atoms with Gasteiger partial charge in [-0.1, -0.05) is 0 Å². The van der Waals surface area contributed by atoms with Gasteiger partial charge in [-0.25, -0.2) is 4.79 Å². The van der Waals surface area contributed by atoms with Crippen LogP contribution in [0.4, 0.5) is 4.79 Å². The molecule has 1 unspecified atom stereocenters. The van der Waals surface area contributed by atoms with Crippen LogP contribution in [0, 0.1) is 0 Å². The van der Waals surface area contributed by atoms with Gasteiger partial charge in [0, 0.05) is 19.6 Å². The number of ether oxygens (including phenoxy) is 1. The molecule has 18 heavy (non-hydrogen) atoms. The molecule has 0 fully saturated rings. The van der Waals surface area contributed by atoms with Gasteiger partial charge < -0.3 is 20.7 Å². The smallest absolute Gasteiger partial charge is 0.407 e. The van der Waals surface area contributed by atoms with E-state index in [-0.39, 0.29) is 11.9 Å². The van der Waals surface area contributed by atoms with Crippen molar-refractivity contribution in [2.75, 3.05) is 19.6 Å². The van der Waals surface area contributed by atoms with Gasteiger partial charge in [0.15, 0.2) is 0 Å². The van der Waals surface area contributed by atoms with Crippen molar-refractivity contribution in [2.45, 2.75) is 46.3 Å². The van der Waals surface area contributed by atoms with Gasteiger partial charge in [-0.3, -0.25) is 4.79 Å². The van der Waals surface area contributed by atoms with Crippen LogP contribution in [0.1, 0.15) is 34.6 Å². The Labute approximate surface area is 109 Å². The Morgan fingerprint density at radius 1 is 1.17 bits per heavy atom. The SMILES string of the molecule is CCNC(=O)C(C)NCCNC(=O)OC(C)(C)C. The van der Waals surface area contributed by atoms with Gasteiger partial charge in [-0.15, -0.1) is 0 Å². The molecule has 106 valence electrons. The summed E-state index contributed by atoms with van der Waals surface area (Å²) in [5.74, 6) is -0.0465. The molecule has 0 saturated heterocycles. The summed E-state index contributed by atoms with van der Waals surface area (Å²) >= 11 is 0. The van der Waals surface area contributed by atoms with E-state index in [9.17, 15) is 9.59 Å². The van der Waals surface area contributed by atoms with Gasteiger partial charge >= 0.3 is 6.09 Å². The van der Waals surface area contributed by atoms with Crippen molar-refractivity contribution in [3.63, 3.8) is 0 Å². The molecule has 0 spiro atoms. The zero-order valence-corrected chi connectivity index (χ0v) is 11.9. The van der Waals surface area contributed by atoms with E-state index in [0.29, 0.717) is 19.6 Å². The summed E-state index contributed by atoms with van der Waals surface area (Å²) in [6.07, 6.45) is -0.449. The highest BCUT2D eigenvalue weighted by atomic mass is 16.6. The summed E-state index contributed by atoms with van der Waals surface area (Å²) < 4.78 is 5.07. The maximum absolute atomic E-state index is 11.4. The first-order valence-corrected chi connectivity index (χ1v) is 6.24. The molecular formula is C12H25N3O3. The van der Waals surface area contributed by atoms with Crippen LogP contribution in [-0.4, -0.2) is 43.3 Å². The van der Waals surface area contributed by atoms with E-state index in [1.807, 2.05) is 27.7 Å². The third kappa shape index (κ3) is 8.81. The first-order valence-electron chi connectivity index (χ1n) is 6.24. The van der Waals surface area contributed by atoms with Crippen molar-refractivity contribution in [2.24, 2.45) is 0 Å². The van der Waals surface area contributed by atoms with E-state index in [2.05, 4.69) is 16.0 Å². The zero-order valence-electron chi connectivity index (χ0n) is 11.9. The molecule has 0 radical (unpaired) electrons. The highest BCUT2D eigenvalue weighted by Crippen LogP contribution is 2.05. The van der Waals surface area contributed by atoms with Gasteiger partial charge in [-0.2, -0.15) is 0 Å². The molecule has 0 bridgehead atoms. The van der Waals surface area contributed by atoms with Crippen LogP contribution in [0.5, 0.6) is 0 Å². The number of likely N-dealkylation sites (N-methyl/N-ethyl adjacent to an activating group) is 1. The standard InChI is InChI=1S/C12H25N3O3/c1-6-13-10(16)9(2)14-7-8-15-11(17)18-12(3,4)5/h9,14H,6-8H2,1-5H3,(H,13,16)(H,15,17). The number of hydrogen-bond donors (Lipinski definition) is 3. The monoisotopic (exact) mass is 259 g/mol. The van der Waals surface area contributed by atoms with Crippen LogP contribution in [-0.2, 0) is 9.53 Å². The maximum atomic E-state index is 11.4. The van der Waals surface area contributed by atoms with Gasteiger partial charge in [0.05, 0.1) is 6.04 Å². The summed E-state index contributed by atoms with van der Waals surface area (Å²) in [4.78, 5) is 22.7. The molecule has 2 amide bonds. The Kier molecular flexibility index (Phi) is 7.35. The van der Waals surface area contributed by atoms with Crippen LogP contribution < -0.4 is 16.0 Å². The predicted octanol–water partition coefficient (Wildman–Crippen LogP) is 0.625. The fourth-order valence-electron chi connectivity index (χ4n) is 1.19. The number of rotatable bonds is 6. The van der Waals surface area contributed by atoms with Crippen molar-refractivity contribution >= 4 is 12.0 Å². The number of nitrogens with one attached hydrogen (secondary N) is 3. The average molecular weight is 259 g/mol. The van der Waals surface area contributed by atoms with Crippen molar-refractivity contribution in [3.05, 3.63) is 0 Å². The minimum absolute atomic E-state index is 0.0465. The van der Waals surface area contributed by atoms with E-state index >= 15 is 0 Å². The molecule has 0 aromatic carbocycles. The van der Waals surface area contributed by atoms with Gasteiger partial charge in [0.2, 0.25) is 5.91 Å². The summed E-state index contributed by atoms with van der Waals surface area (Å²) in [5, 5.41) is 8.33. The number of carbonyl (C=O) groups is 2. The molecule has 0 aliphatic carbocycles. The summed E-state index contributed by atoms with van der Waals surface area (Å²) in [6.45, 7) is 10.6. The molecule has 0 aromatic rings. The van der Waals surface area contributed by atoms with Gasteiger partial charge in [0.25, 0.3) is 0 Å². The molecule has 1 atom stereocenters. The Bertz CT molecular complexity index is 274. The Hall–Kier alpha value is -1.30. The van der Waals surface area contributed by atoms with Crippen LogP contribution in [0.3, 0.4) is 0 Å². The number of alkyl carbamates (subject to hydrolysis) is 1. The Balaban J connectivity index is 3.67. The van der Waals surface area contributed by atoms with E-state index in [1.165, 1.54) is 0 Å². The second-order valence-corrected chi connectivity index (χ2v) is 5.00. The number of amides is 2. The second-order valence-electron chi connectivity index (χ2n) is 5.00. The highest BCUT2D eigenvalue weighted by Gasteiger charge is 2.15. The maximum Gasteiger partial charge on any atom is 0.407 e. The lowest BCUT2D eigenvalue weighted by molar-refractivity contribution is -0.122. The molecular weight excluding hydrogens is 234 g/mol. The van der Waals surface area contributed by atoms with Gasteiger partial charge in [-0.05, 0) is 34.6 Å². The fourth-order valence-corrected chi connectivity index (χ4v) is 1.19.